The summed E-state index contributed by atoms with van der Waals surface area (Å²) in [5.74, 6) is 0.0912. The number of hydrogen-bond donors (Lipinski definition) is 1. The number of halogens is 1. The Labute approximate surface area is 151 Å². The van der Waals surface area contributed by atoms with Gasteiger partial charge >= 0.3 is 0 Å². The number of methoxy groups -OCH3 is 1. The summed E-state index contributed by atoms with van der Waals surface area (Å²) < 4.78 is 32.6. The van der Waals surface area contributed by atoms with Gasteiger partial charge in [0.1, 0.15) is 15.8 Å². The maximum Gasteiger partial charge on any atom is 0.248 e. The molecule has 1 amide bonds. The molecule has 2 rings (SSSR count). The van der Waals surface area contributed by atoms with Gasteiger partial charge in [-0.25, -0.2) is 8.42 Å². The van der Waals surface area contributed by atoms with Crippen molar-refractivity contribution in [1.82, 2.24) is 14.1 Å². The fraction of sp³-hybridized carbons (Fsp3) is 0.333. The van der Waals surface area contributed by atoms with E-state index in [1.54, 1.807) is 38.2 Å². The Kier molecular flexibility index (Phi) is 5.71. The van der Waals surface area contributed by atoms with Crippen molar-refractivity contribution in [2.75, 3.05) is 26.0 Å². The van der Waals surface area contributed by atoms with Crippen LogP contribution in [0.25, 0.3) is 0 Å². The molecule has 0 atom stereocenters. The third-order valence-corrected chi connectivity index (χ3v) is 5.99. The molecule has 136 valence electrons. The molecule has 1 aromatic heterocycles. The van der Waals surface area contributed by atoms with E-state index in [1.165, 1.54) is 18.8 Å². The SMILES string of the molecule is COc1cccc(NC(=O)CN(C)S(=O)(=O)c2c(C)nn(C)c2Cl)c1. The lowest BCUT2D eigenvalue weighted by atomic mass is 10.3. The highest BCUT2D eigenvalue weighted by Gasteiger charge is 2.30. The lowest BCUT2D eigenvalue weighted by molar-refractivity contribution is -0.116. The first kappa shape index (κ1) is 19.2. The van der Waals surface area contributed by atoms with Gasteiger partial charge in [-0.1, -0.05) is 17.7 Å². The van der Waals surface area contributed by atoms with Crippen LogP contribution < -0.4 is 10.1 Å². The number of sulfonamides is 1. The molecule has 0 aliphatic carbocycles. The van der Waals surface area contributed by atoms with Crippen molar-refractivity contribution >= 4 is 33.2 Å². The van der Waals surface area contributed by atoms with Crippen molar-refractivity contribution in [3.63, 3.8) is 0 Å². The molecule has 0 radical (unpaired) electrons. The Bertz CT molecular complexity index is 895. The summed E-state index contributed by atoms with van der Waals surface area (Å²) in [7, 11) is 0.422. The molecule has 8 nitrogen and oxygen atoms in total. The van der Waals surface area contributed by atoms with Crippen LogP contribution in [0.3, 0.4) is 0 Å². The van der Waals surface area contributed by atoms with Gasteiger partial charge in [-0.15, -0.1) is 0 Å². The van der Waals surface area contributed by atoms with Crippen LogP contribution in [0.2, 0.25) is 5.15 Å². The summed E-state index contributed by atoms with van der Waals surface area (Å²) in [6, 6.07) is 6.76. The maximum absolute atomic E-state index is 12.7. The highest BCUT2D eigenvalue weighted by Crippen LogP contribution is 2.26. The smallest absolute Gasteiger partial charge is 0.248 e. The summed E-state index contributed by atoms with van der Waals surface area (Å²) in [4.78, 5) is 12.1. The number of hydrogen-bond acceptors (Lipinski definition) is 5. The van der Waals surface area contributed by atoms with Crippen LogP contribution in [-0.4, -0.2) is 49.1 Å². The Morgan fingerprint density at radius 1 is 1.44 bits per heavy atom. The van der Waals surface area contributed by atoms with Crippen molar-refractivity contribution in [3.8, 4) is 5.75 Å². The number of aryl methyl sites for hydroxylation is 2. The van der Waals surface area contributed by atoms with E-state index < -0.39 is 15.9 Å². The van der Waals surface area contributed by atoms with Crippen LogP contribution in [0.15, 0.2) is 29.2 Å². The zero-order valence-corrected chi connectivity index (χ0v) is 15.8. The molecule has 0 fully saturated rings. The van der Waals surface area contributed by atoms with E-state index in [0.717, 1.165) is 4.31 Å². The quantitative estimate of drug-likeness (QED) is 0.814. The molecule has 10 heteroatoms. The lowest BCUT2D eigenvalue weighted by Gasteiger charge is -2.17. The number of nitrogens with zero attached hydrogens (tertiary/aromatic N) is 3. The zero-order valence-electron chi connectivity index (χ0n) is 14.3. The van der Waals surface area contributed by atoms with Crippen LogP contribution in [0.1, 0.15) is 5.69 Å². The van der Waals surface area contributed by atoms with Gasteiger partial charge in [0.15, 0.2) is 0 Å². The standard InChI is InChI=1S/C15H19ClN4O4S/c1-10-14(15(16)20(3)18-10)25(22,23)19(2)9-13(21)17-11-6-5-7-12(8-11)24-4/h5-8H,9H2,1-4H3,(H,17,21). The number of anilines is 1. The molecule has 1 aromatic carbocycles. The van der Waals surface area contributed by atoms with Gasteiger partial charge in [0.25, 0.3) is 0 Å². The minimum atomic E-state index is -3.95. The fourth-order valence-corrected chi connectivity index (χ4v) is 4.07. The largest absolute Gasteiger partial charge is 0.497 e. The predicted molar refractivity (Wildman–Crippen MR) is 94.4 cm³/mol. The zero-order chi connectivity index (χ0) is 18.8. The van der Waals surface area contributed by atoms with Crippen molar-refractivity contribution in [3.05, 3.63) is 35.1 Å². The Balaban J connectivity index is 2.14. The normalized spacial score (nSPS) is 11.6. The maximum atomic E-state index is 12.7. The summed E-state index contributed by atoms with van der Waals surface area (Å²) in [6.45, 7) is 1.17. The summed E-state index contributed by atoms with van der Waals surface area (Å²) >= 11 is 6.02. The molecule has 0 saturated carbocycles. The molecular formula is C15H19ClN4O4S. The van der Waals surface area contributed by atoms with E-state index in [9.17, 15) is 13.2 Å². The molecular weight excluding hydrogens is 368 g/mol. The third-order valence-electron chi connectivity index (χ3n) is 3.49. The van der Waals surface area contributed by atoms with Gasteiger partial charge in [-0.05, 0) is 19.1 Å². The first-order chi connectivity index (χ1) is 11.7. The first-order valence-electron chi connectivity index (χ1n) is 7.26. The number of aromatic nitrogens is 2. The molecule has 0 spiro atoms. The molecule has 0 aliphatic heterocycles. The molecule has 2 aromatic rings. The second-order valence-corrected chi connectivity index (χ2v) is 7.71. The Hall–Kier alpha value is -2.10. The molecule has 1 N–H and O–H groups in total. The summed E-state index contributed by atoms with van der Waals surface area (Å²) in [6.07, 6.45) is 0. The summed E-state index contributed by atoms with van der Waals surface area (Å²) in [5, 5.41) is 6.61. The van der Waals surface area contributed by atoms with E-state index in [0.29, 0.717) is 11.4 Å². The number of nitrogens with one attached hydrogen (secondary N) is 1. The van der Waals surface area contributed by atoms with Gasteiger partial charge in [-0.2, -0.15) is 9.40 Å². The number of rotatable bonds is 6. The fourth-order valence-electron chi connectivity index (χ4n) is 2.25. The lowest BCUT2D eigenvalue weighted by Crippen LogP contribution is -2.35. The highest BCUT2D eigenvalue weighted by molar-refractivity contribution is 7.89. The van der Waals surface area contributed by atoms with E-state index in [1.807, 2.05) is 0 Å². The van der Waals surface area contributed by atoms with E-state index in [-0.39, 0.29) is 22.3 Å². The number of carbonyl (C=O) groups is 1. The number of ether oxygens (including phenoxy) is 1. The van der Waals surface area contributed by atoms with Crippen molar-refractivity contribution in [1.29, 1.82) is 0 Å². The topological polar surface area (TPSA) is 93.5 Å². The van der Waals surface area contributed by atoms with Crippen molar-refractivity contribution in [2.24, 2.45) is 7.05 Å². The molecule has 0 bridgehead atoms. The number of likely N-dealkylation sites (N-methyl/N-ethyl adjacent to an activating group) is 1. The molecule has 1 heterocycles. The van der Waals surface area contributed by atoms with Crippen LogP contribution >= 0.6 is 11.6 Å². The number of benzene rings is 1. The molecule has 0 unspecified atom stereocenters. The van der Waals surface area contributed by atoms with Gasteiger partial charge in [-0.3, -0.25) is 9.48 Å². The van der Waals surface area contributed by atoms with E-state index in [4.69, 9.17) is 16.3 Å². The first-order valence-corrected chi connectivity index (χ1v) is 9.08. The molecule has 0 aliphatic rings. The Morgan fingerprint density at radius 2 is 2.12 bits per heavy atom. The van der Waals surface area contributed by atoms with Crippen molar-refractivity contribution in [2.45, 2.75) is 11.8 Å². The minimum absolute atomic E-state index is 0.00226. The number of carbonyl (C=O) groups excluding carboxylic acids is 1. The monoisotopic (exact) mass is 386 g/mol. The second kappa shape index (κ2) is 7.42. The summed E-state index contributed by atoms with van der Waals surface area (Å²) in [5.41, 5.74) is 0.776. The predicted octanol–water partition coefficient (Wildman–Crippen LogP) is 1.65. The van der Waals surface area contributed by atoms with Gasteiger partial charge in [0.2, 0.25) is 15.9 Å². The molecule has 0 saturated heterocycles. The van der Waals surface area contributed by atoms with E-state index in [2.05, 4.69) is 10.4 Å². The highest BCUT2D eigenvalue weighted by atomic mass is 35.5. The van der Waals surface area contributed by atoms with Crippen LogP contribution in [0.4, 0.5) is 5.69 Å². The average Bonchev–Trinajstić information content (AvgIpc) is 2.80. The van der Waals surface area contributed by atoms with Gasteiger partial charge < -0.3 is 10.1 Å². The molecule has 25 heavy (non-hydrogen) atoms. The number of amides is 1. The van der Waals surface area contributed by atoms with Crippen LogP contribution in [0, 0.1) is 6.92 Å². The van der Waals surface area contributed by atoms with Gasteiger partial charge in [0.05, 0.1) is 19.3 Å². The third kappa shape index (κ3) is 4.12. The second-order valence-electron chi connectivity index (χ2n) is 5.37. The average molecular weight is 387 g/mol. The Morgan fingerprint density at radius 3 is 2.68 bits per heavy atom. The van der Waals surface area contributed by atoms with E-state index >= 15 is 0 Å². The van der Waals surface area contributed by atoms with Crippen LogP contribution in [-0.2, 0) is 21.9 Å². The van der Waals surface area contributed by atoms with Crippen LogP contribution in [0.5, 0.6) is 5.75 Å². The van der Waals surface area contributed by atoms with Crippen molar-refractivity contribution < 1.29 is 17.9 Å². The van der Waals surface area contributed by atoms with Gasteiger partial charge in [0, 0.05) is 25.8 Å². The minimum Gasteiger partial charge on any atom is -0.497 e.